The van der Waals surface area contributed by atoms with Crippen LogP contribution in [0.1, 0.15) is 32.6 Å². The zero-order valence-corrected chi connectivity index (χ0v) is 15.0. The van der Waals surface area contributed by atoms with Crippen molar-refractivity contribution in [3.8, 4) is 0 Å². The van der Waals surface area contributed by atoms with Gasteiger partial charge in [-0.2, -0.15) is 0 Å². The van der Waals surface area contributed by atoms with E-state index in [1.807, 2.05) is 12.1 Å². The number of rotatable bonds is 10. The SMILES string of the molecule is CCOC(=O)OC(=O)CCCCCSSc1ccc(N=[N+]=[N-])cc1. The van der Waals surface area contributed by atoms with Crippen LogP contribution in [0, 0.1) is 0 Å². The second kappa shape index (κ2) is 12.6. The fourth-order valence-electron chi connectivity index (χ4n) is 1.63. The molecule has 24 heavy (non-hydrogen) atoms. The Kier molecular flexibility index (Phi) is 10.6. The van der Waals surface area contributed by atoms with Crippen LogP contribution in [-0.2, 0) is 14.3 Å². The summed E-state index contributed by atoms with van der Waals surface area (Å²) in [5, 5.41) is 3.52. The normalized spacial score (nSPS) is 9.88. The molecule has 9 heteroatoms. The number of ether oxygens (including phenoxy) is 2. The van der Waals surface area contributed by atoms with Gasteiger partial charge in [0, 0.05) is 27.7 Å². The molecule has 1 rings (SSSR count). The van der Waals surface area contributed by atoms with Gasteiger partial charge < -0.3 is 9.47 Å². The number of hydrogen-bond donors (Lipinski definition) is 0. The summed E-state index contributed by atoms with van der Waals surface area (Å²) in [6, 6.07) is 7.37. The Labute approximate surface area is 148 Å². The summed E-state index contributed by atoms with van der Waals surface area (Å²) in [4.78, 5) is 26.1. The third-order valence-corrected chi connectivity index (χ3v) is 5.19. The van der Waals surface area contributed by atoms with Crippen molar-refractivity contribution in [3.63, 3.8) is 0 Å². The molecule has 7 nitrogen and oxygen atoms in total. The van der Waals surface area contributed by atoms with Gasteiger partial charge in [0.05, 0.1) is 6.61 Å². The molecule has 0 saturated carbocycles. The van der Waals surface area contributed by atoms with Crippen molar-refractivity contribution in [1.29, 1.82) is 0 Å². The number of esters is 1. The molecular weight excluding hydrogens is 350 g/mol. The zero-order chi connectivity index (χ0) is 17.6. The summed E-state index contributed by atoms with van der Waals surface area (Å²) < 4.78 is 8.99. The lowest BCUT2D eigenvalue weighted by Gasteiger charge is -2.03. The smallest absolute Gasteiger partial charge is 0.434 e. The molecule has 0 amide bonds. The molecule has 0 bridgehead atoms. The lowest BCUT2D eigenvalue weighted by Crippen LogP contribution is -2.13. The number of carbonyl (C=O) groups excluding carboxylic acids is 2. The van der Waals surface area contributed by atoms with Crippen LogP contribution in [0.2, 0.25) is 0 Å². The lowest BCUT2D eigenvalue weighted by atomic mass is 10.2. The van der Waals surface area contributed by atoms with Crippen molar-refractivity contribution in [3.05, 3.63) is 34.7 Å². The first-order valence-corrected chi connectivity index (χ1v) is 9.79. The van der Waals surface area contributed by atoms with E-state index in [-0.39, 0.29) is 13.0 Å². The van der Waals surface area contributed by atoms with Crippen LogP contribution < -0.4 is 0 Å². The maximum Gasteiger partial charge on any atom is 0.516 e. The van der Waals surface area contributed by atoms with Crippen LogP contribution in [-0.4, -0.2) is 24.5 Å². The van der Waals surface area contributed by atoms with Crippen molar-refractivity contribution in [2.45, 2.75) is 37.5 Å². The van der Waals surface area contributed by atoms with E-state index in [0.717, 1.165) is 23.5 Å². The third-order valence-electron chi connectivity index (χ3n) is 2.72. The first-order valence-electron chi connectivity index (χ1n) is 7.47. The van der Waals surface area contributed by atoms with Crippen molar-refractivity contribution in [2.24, 2.45) is 5.11 Å². The van der Waals surface area contributed by atoms with E-state index >= 15 is 0 Å². The van der Waals surface area contributed by atoms with Gasteiger partial charge in [-0.1, -0.05) is 45.3 Å². The van der Waals surface area contributed by atoms with Gasteiger partial charge in [-0.05, 0) is 37.4 Å². The van der Waals surface area contributed by atoms with Gasteiger partial charge in [0.25, 0.3) is 0 Å². The van der Waals surface area contributed by atoms with E-state index in [9.17, 15) is 9.59 Å². The minimum atomic E-state index is -0.930. The Morgan fingerprint density at radius 3 is 2.62 bits per heavy atom. The number of unbranched alkanes of at least 4 members (excludes halogenated alkanes) is 2. The van der Waals surface area contributed by atoms with Gasteiger partial charge in [-0.3, -0.25) is 4.79 Å². The van der Waals surface area contributed by atoms with Crippen molar-refractivity contribution in [2.75, 3.05) is 12.4 Å². The van der Waals surface area contributed by atoms with Gasteiger partial charge in [0.15, 0.2) is 0 Å². The average Bonchev–Trinajstić information content (AvgIpc) is 2.56. The van der Waals surface area contributed by atoms with Crippen LogP contribution in [0.25, 0.3) is 10.4 Å². The molecule has 0 unspecified atom stereocenters. The van der Waals surface area contributed by atoms with Crippen LogP contribution in [0.4, 0.5) is 10.5 Å². The Hall–Kier alpha value is -1.83. The fraction of sp³-hybridized carbons (Fsp3) is 0.467. The molecule has 0 aliphatic heterocycles. The molecule has 0 N–H and O–H groups in total. The molecule has 0 heterocycles. The highest BCUT2D eigenvalue weighted by atomic mass is 33.1. The van der Waals surface area contributed by atoms with Gasteiger partial charge >= 0.3 is 12.1 Å². The standard InChI is InChI=1S/C15H19N3O4S2/c1-2-21-15(20)22-14(19)6-4-3-5-11-23-24-13-9-7-12(8-10-13)17-18-16/h7-10H,2-6,11H2,1H3. The minimum absolute atomic E-state index is 0.190. The molecular formula is C15H19N3O4S2. The van der Waals surface area contributed by atoms with E-state index < -0.39 is 12.1 Å². The number of hydrogen-bond acceptors (Lipinski definition) is 7. The van der Waals surface area contributed by atoms with Crippen LogP contribution in [0.3, 0.4) is 0 Å². The zero-order valence-electron chi connectivity index (χ0n) is 13.3. The summed E-state index contributed by atoms with van der Waals surface area (Å²) in [6.07, 6.45) is 1.84. The van der Waals surface area contributed by atoms with Crippen molar-refractivity contribution >= 4 is 39.4 Å². The molecule has 1 aromatic rings. The minimum Gasteiger partial charge on any atom is -0.434 e. The monoisotopic (exact) mass is 369 g/mol. The molecule has 0 radical (unpaired) electrons. The predicted molar refractivity (Wildman–Crippen MR) is 95.1 cm³/mol. The van der Waals surface area contributed by atoms with E-state index in [1.54, 1.807) is 40.6 Å². The highest BCUT2D eigenvalue weighted by Crippen LogP contribution is 2.32. The molecule has 0 aliphatic carbocycles. The summed E-state index contributed by atoms with van der Waals surface area (Å²) in [5.74, 6) is 0.408. The summed E-state index contributed by atoms with van der Waals surface area (Å²) in [5.41, 5.74) is 8.93. The second-order valence-corrected chi connectivity index (χ2v) is 7.05. The van der Waals surface area contributed by atoms with E-state index in [0.29, 0.717) is 12.1 Å². The van der Waals surface area contributed by atoms with Crippen LogP contribution in [0.5, 0.6) is 0 Å². The largest absolute Gasteiger partial charge is 0.516 e. The van der Waals surface area contributed by atoms with Crippen LogP contribution in [0.15, 0.2) is 34.3 Å². The number of azide groups is 1. The molecule has 0 aliphatic rings. The third kappa shape index (κ3) is 9.34. The summed E-state index contributed by atoms with van der Waals surface area (Å²) >= 11 is 0. The second-order valence-electron chi connectivity index (χ2n) is 4.56. The highest BCUT2D eigenvalue weighted by molar-refractivity contribution is 8.76. The Morgan fingerprint density at radius 1 is 1.21 bits per heavy atom. The molecule has 0 saturated heterocycles. The van der Waals surface area contributed by atoms with E-state index in [1.165, 1.54) is 0 Å². The summed E-state index contributed by atoms with van der Waals surface area (Å²) in [7, 11) is 3.38. The molecule has 130 valence electrons. The van der Waals surface area contributed by atoms with Gasteiger partial charge in [0.1, 0.15) is 0 Å². The molecule has 0 atom stereocenters. The molecule has 0 spiro atoms. The first-order chi connectivity index (χ1) is 11.7. The summed E-state index contributed by atoms with van der Waals surface area (Å²) in [6.45, 7) is 1.84. The highest BCUT2D eigenvalue weighted by Gasteiger charge is 2.10. The predicted octanol–water partition coefficient (Wildman–Crippen LogP) is 5.63. The van der Waals surface area contributed by atoms with Gasteiger partial charge in [-0.15, -0.1) is 0 Å². The molecule has 0 aromatic heterocycles. The maximum absolute atomic E-state index is 11.3. The van der Waals surface area contributed by atoms with E-state index in [4.69, 9.17) is 5.53 Å². The lowest BCUT2D eigenvalue weighted by molar-refractivity contribution is -0.139. The number of benzene rings is 1. The number of nitrogens with zero attached hydrogens (tertiary/aromatic N) is 3. The van der Waals surface area contributed by atoms with Crippen molar-refractivity contribution in [1.82, 2.24) is 0 Å². The molecule has 0 fully saturated rings. The maximum atomic E-state index is 11.3. The molecule has 1 aromatic carbocycles. The van der Waals surface area contributed by atoms with Gasteiger partial charge in [-0.25, -0.2) is 4.79 Å². The van der Waals surface area contributed by atoms with E-state index in [2.05, 4.69) is 19.5 Å². The fourth-order valence-corrected chi connectivity index (χ4v) is 3.76. The Balaban J connectivity index is 2.05. The average molecular weight is 369 g/mol. The number of carbonyl (C=O) groups is 2. The first kappa shape index (κ1) is 20.2. The van der Waals surface area contributed by atoms with Crippen molar-refractivity contribution < 1.29 is 19.1 Å². The topological polar surface area (TPSA) is 101 Å². The Bertz CT molecular complexity index is 575. The quantitative estimate of drug-likeness (QED) is 0.101. The van der Waals surface area contributed by atoms with Gasteiger partial charge in [0.2, 0.25) is 0 Å². The Morgan fingerprint density at radius 2 is 1.96 bits per heavy atom. The van der Waals surface area contributed by atoms with Crippen LogP contribution >= 0.6 is 21.6 Å².